The van der Waals surface area contributed by atoms with Gasteiger partial charge in [0.1, 0.15) is 0 Å². The molecule has 1 amide bonds. The van der Waals surface area contributed by atoms with E-state index < -0.39 is 5.54 Å². The maximum Gasteiger partial charge on any atom is 0.242 e. The molecule has 0 N–H and O–H groups in total. The number of hydrogen-bond donors (Lipinski definition) is 0. The van der Waals surface area contributed by atoms with E-state index >= 15 is 0 Å². The Labute approximate surface area is 157 Å². The topological polar surface area (TPSA) is 42.0 Å². The normalized spacial score (nSPS) is 21.7. The van der Waals surface area contributed by atoms with Crippen molar-refractivity contribution in [1.29, 1.82) is 0 Å². The van der Waals surface area contributed by atoms with Crippen molar-refractivity contribution in [2.75, 3.05) is 39.5 Å². The molecule has 5 nitrogen and oxygen atoms in total. The first-order valence-corrected chi connectivity index (χ1v) is 9.76. The number of rotatable bonds is 6. The minimum Gasteiger partial charge on any atom is -0.379 e. The zero-order valence-corrected chi connectivity index (χ0v) is 16.4. The molecule has 1 unspecified atom stereocenters. The van der Waals surface area contributed by atoms with E-state index in [0.29, 0.717) is 26.3 Å². The van der Waals surface area contributed by atoms with Crippen molar-refractivity contribution >= 4 is 5.91 Å². The Balaban J connectivity index is 1.77. The number of aryl methyl sites for hydroxylation is 1. The van der Waals surface area contributed by atoms with Gasteiger partial charge < -0.3 is 14.4 Å². The number of hydrogen-bond acceptors (Lipinski definition) is 4. The molecule has 2 fully saturated rings. The number of ether oxygens (including phenoxy) is 2. The number of benzene rings is 1. The van der Waals surface area contributed by atoms with E-state index in [1.807, 2.05) is 18.7 Å². The lowest BCUT2D eigenvalue weighted by Gasteiger charge is -2.42. The molecule has 1 aromatic carbocycles. The van der Waals surface area contributed by atoms with E-state index in [-0.39, 0.29) is 12.0 Å². The van der Waals surface area contributed by atoms with Gasteiger partial charge in [0.05, 0.1) is 24.9 Å². The Bertz CT molecular complexity index is 605. The van der Waals surface area contributed by atoms with Gasteiger partial charge in [0.15, 0.2) is 0 Å². The van der Waals surface area contributed by atoms with Gasteiger partial charge in [-0.1, -0.05) is 29.8 Å². The Kier molecular flexibility index (Phi) is 6.33. The lowest BCUT2D eigenvalue weighted by atomic mass is 9.98. The summed E-state index contributed by atoms with van der Waals surface area (Å²) in [5, 5.41) is 0. The van der Waals surface area contributed by atoms with E-state index in [9.17, 15) is 4.79 Å². The third-order valence-corrected chi connectivity index (χ3v) is 5.52. The summed E-state index contributed by atoms with van der Waals surface area (Å²) in [6.07, 6.45) is 2.28. The Morgan fingerprint density at radius 3 is 2.69 bits per heavy atom. The predicted molar refractivity (Wildman–Crippen MR) is 102 cm³/mol. The van der Waals surface area contributed by atoms with Crippen LogP contribution in [0.25, 0.3) is 0 Å². The standard InChI is InChI=1S/C21H32N2O3/c1-17-6-4-7-18(14-17)15-22(16-19-8-5-11-26-19)20(24)21(2,3)23-9-12-25-13-10-23/h4,6-7,14,19H,5,8-13,15-16H2,1-3H3. The lowest BCUT2D eigenvalue weighted by Crippen LogP contribution is -2.59. The molecule has 0 radical (unpaired) electrons. The minimum atomic E-state index is -0.536. The van der Waals surface area contributed by atoms with E-state index in [4.69, 9.17) is 9.47 Å². The highest BCUT2D eigenvalue weighted by molar-refractivity contribution is 5.85. The minimum absolute atomic E-state index is 0.157. The van der Waals surface area contributed by atoms with Crippen LogP contribution in [0, 0.1) is 6.92 Å². The summed E-state index contributed by atoms with van der Waals surface area (Å²) in [7, 11) is 0. The molecule has 0 aromatic heterocycles. The molecule has 2 aliphatic rings. The van der Waals surface area contributed by atoms with E-state index in [1.165, 1.54) is 11.1 Å². The van der Waals surface area contributed by atoms with Crippen LogP contribution < -0.4 is 0 Å². The first kappa shape index (κ1) is 19.3. The summed E-state index contributed by atoms with van der Waals surface area (Å²) in [4.78, 5) is 17.8. The van der Waals surface area contributed by atoms with Crippen LogP contribution >= 0.6 is 0 Å². The summed E-state index contributed by atoms with van der Waals surface area (Å²) >= 11 is 0. The van der Waals surface area contributed by atoms with Crippen LogP contribution in [0.2, 0.25) is 0 Å². The summed E-state index contributed by atoms with van der Waals surface area (Å²) in [6, 6.07) is 8.42. The van der Waals surface area contributed by atoms with Gasteiger partial charge in [-0.15, -0.1) is 0 Å². The van der Waals surface area contributed by atoms with Crippen molar-refractivity contribution in [3.05, 3.63) is 35.4 Å². The first-order valence-electron chi connectivity index (χ1n) is 9.76. The molecule has 1 aromatic rings. The van der Waals surface area contributed by atoms with Crippen LogP contribution in [0.5, 0.6) is 0 Å². The Hall–Kier alpha value is -1.43. The van der Waals surface area contributed by atoms with Crippen LogP contribution in [0.4, 0.5) is 0 Å². The molecular weight excluding hydrogens is 328 g/mol. The Morgan fingerprint density at radius 1 is 1.27 bits per heavy atom. The van der Waals surface area contributed by atoms with Gasteiger partial charge in [0.2, 0.25) is 5.91 Å². The monoisotopic (exact) mass is 360 g/mol. The maximum atomic E-state index is 13.5. The SMILES string of the molecule is Cc1cccc(CN(CC2CCCO2)C(=O)C(C)(C)N2CCOCC2)c1. The second kappa shape index (κ2) is 8.51. The molecule has 0 spiro atoms. The highest BCUT2D eigenvalue weighted by Gasteiger charge is 2.39. The fraction of sp³-hybridized carbons (Fsp3) is 0.667. The molecule has 0 saturated carbocycles. The largest absolute Gasteiger partial charge is 0.379 e. The second-order valence-electron chi connectivity index (χ2n) is 7.97. The van der Waals surface area contributed by atoms with Gasteiger partial charge in [0, 0.05) is 32.8 Å². The van der Waals surface area contributed by atoms with Gasteiger partial charge in [0.25, 0.3) is 0 Å². The summed E-state index contributed by atoms with van der Waals surface area (Å²) in [6.45, 7) is 11.3. The van der Waals surface area contributed by atoms with Gasteiger partial charge >= 0.3 is 0 Å². The average Bonchev–Trinajstić information content (AvgIpc) is 3.14. The summed E-state index contributed by atoms with van der Waals surface area (Å²) < 4.78 is 11.3. The summed E-state index contributed by atoms with van der Waals surface area (Å²) in [5.41, 5.74) is 1.86. The number of morpholine rings is 1. The summed E-state index contributed by atoms with van der Waals surface area (Å²) in [5.74, 6) is 0.177. The van der Waals surface area contributed by atoms with Crippen molar-refractivity contribution in [3.8, 4) is 0 Å². The molecule has 1 atom stereocenters. The number of amides is 1. The van der Waals surface area contributed by atoms with Crippen LogP contribution in [0.3, 0.4) is 0 Å². The van der Waals surface area contributed by atoms with Crippen molar-refractivity contribution in [1.82, 2.24) is 9.80 Å². The van der Waals surface area contributed by atoms with Gasteiger partial charge in [-0.2, -0.15) is 0 Å². The van der Waals surface area contributed by atoms with Gasteiger partial charge in [-0.05, 0) is 39.2 Å². The van der Waals surface area contributed by atoms with Crippen molar-refractivity contribution < 1.29 is 14.3 Å². The molecule has 0 aliphatic carbocycles. The molecule has 144 valence electrons. The maximum absolute atomic E-state index is 13.5. The average molecular weight is 360 g/mol. The number of carbonyl (C=O) groups excluding carboxylic acids is 1. The highest BCUT2D eigenvalue weighted by Crippen LogP contribution is 2.23. The van der Waals surface area contributed by atoms with Crippen molar-refractivity contribution in [3.63, 3.8) is 0 Å². The van der Waals surface area contributed by atoms with Crippen LogP contribution in [-0.4, -0.2) is 66.8 Å². The molecule has 0 bridgehead atoms. The highest BCUT2D eigenvalue weighted by atomic mass is 16.5. The third kappa shape index (κ3) is 4.64. The van der Waals surface area contributed by atoms with E-state index in [0.717, 1.165) is 32.5 Å². The lowest BCUT2D eigenvalue weighted by molar-refractivity contribution is -0.147. The van der Waals surface area contributed by atoms with Gasteiger partial charge in [-0.25, -0.2) is 0 Å². The number of nitrogens with zero attached hydrogens (tertiary/aromatic N) is 2. The van der Waals surface area contributed by atoms with Crippen LogP contribution in [-0.2, 0) is 20.8 Å². The zero-order chi connectivity index (χ0) is 18.6. The second-order valence-corrected chi connectivity index (χ2v) is 7.97. The van der Waals surface area contributed by atoms with Crippen molar-refractivity contribution in [2.24, 2.45) is 0 Å². The Morgan fingerprint density at radius 2 is 2.04 bits per heavy atom. The fourth-order valence-electron chi connectivity index (χ4n) is 3.93. The third-order valence-electron chi connectivity index (χ3n) is 5.52. The van der Waals surface area contributed by atoms with Crippen LogP contribution in [0.15, 0.2) is 24.3 Å². The molecule has 26 heavy (non-hydrogen) atoms. The zero-order valence-electron chi connectivity index (χ0n) is 16.4. The molecule has 2 saturated heterocycles. The molecule has 3 rings (SSSR count). The molecule has 2 aliphatic heterocycles. The first-order chi connectivity index (χ1) is 12.5. The molecule has 5 heteroatoms. The smallest absolute Gasteiger partial charge is 0.242 e. The van der Waals surface area contributed by atoms with Gasteiger partial charge in [-0.3, -0.25) is 9.69 Å². The van der Waals surface area contributed by atoms with E-state index in [1.54, 1.807) is 0 Å². The number of carbonyl (C=O) groups is 1. The fourth-order valence-corrected chi connectivity index (χ4v) is 3.93. The van der Waals surface area contributed by atoms with E-state index in [2.05, 4.69) is 36.1 Å². The molecule has 2 heterocycles. The quantitative estimate of drug-likeness (QED) is 0.782. The predicted octanol–water partition coefficient (Wildman–Crippen LogP) is 2.61. The van der Waals surface area contributed by atoms with Crippen molar-refractivity contribution in [2.45, 2.75) is 51.8 Å². The van der Waals surface area contributed by atoms with Crippen LogP contribution in [0.1, 0.15) is 37.8 Å². The molecular formula is C21H32N2O3.